The second kappa shape index (κ2) is 7.87. The summed E-state index contributed by atoms with van der Waals surface area (Å²) < 4.78 is 1.54. The molecule has 1 fully saturated rings. The van der Waals surface area contributed by atoms with Crippen LogP contribution in [0.1, 0.15) is 24.8 Å². The molecule has 0 unspecified atom stereocenters. The highest BCUT2D eigenvalue weighted by atomic mass is 16.2. The highest BCUT2D eigenvalue weighted by molar-refractivity contribution is 5.75. The van der Waals surface area contributed by atoms with Gasteiger partial charge in [-0.2, -0.15) is 5.10 Å². The molecule has 2 aromatic rings. The lowest BCUT2D eigenvalue weighted by Crippen LogP contribution is -2.46. The molecule has 122 valence electrons. The molecule has 1 amide bonds. The summed E-state index contributed by atoms with van der Waals surface area (Å²) in [6.07, 6.45) is 6.60. The number of carbonyl (C=O) groups is 1. The van der Waals surface area contributed by atoms with E-state index in [4.69, 9.17) is 0 Å². The molecule has 0 saturated carbocycles. The monoisotopic (exact) mass is 313 g/mol. The van der Waals surface area contributed by atoms with E-state index in [1.54, 1.807) is 6.33 Å². The van der Waals surface area contributed by atoms with Crippen LogP contribution in [-0.4, -0.2) is 44.7 Å². The van der Waals surface area contributed by atoms with Gasteiger partial charge in [0.2, 0.25) is 5.91 Å². The zero-order valence-electron chi connectivity index (χ0n) is 13.3. The van der Waals surface area contributed by atoms with Crippen LogP contribution in [0.25, 0.3) is 0 Å². The van der Waals surface area contributed by atoms with E-state index in [0.29, 0.717) is 12.6 Å². The molecule has 1 saturated heterocycles. The van der Waals surface area contributed by atoms with Crippen LogP contribution in [0.4, 0.5) is 0 Å². The minimum absolute atomic E-state index is 0.0132. The molecule has 2 heterocycles. The van der Waals surface area contributed by atoms with Crippen molar-refractivity contribution in [1.29, 1.82) is 0 Å². The van der Waals surface area contributed by atoms with E-state index in [1.807, 2.05) is 6.07 Å². The van der Waals surface area contributed by atoms with Crippen LogP contribution in [-0.2, 0) is 17.9 Å². The number of amides is 1. The predicted octanol–water partition coefficient (Wildman–Crippen LogP) is 1.45. The molecule has 1 aliphatic heterocycles. The van der Waals surface area contributed by atoms with E-state index in [2.05, 4.69) is 44.6 Å². The predicted molar refractivity (Wildman–Crippen MR) is 87.5 cm³/mol. The average Bonchev–Trinajstić information content (AvgIpc) is 3.08. The van der Waals surface area contributed by atoms with Gasteiger partial charge in [-0.1, -0.05) is 36.8 Å². The third-order valence-corrected chi connectivity index (χ3v) is 4.28. The molecule has 1 aliphatic rings. The number of hydrogen-bond donors (Lipinski definition) is 1. The van der Waals surface area contributed by atoms with E-state index in [-0.39, 0.29) is 12.5 Å². The van der Waals surface area contributed by atoms with Crippen molar-refractivity contribution in [3.8, 4) is 0 Å². The SMILES string of the molecule is O=C(Cn1cncn1)NC[C@@H]1CCCCN1Cc1ccccc1. The Morgan fingerprint density at radius 1 is 1.26 bits per heavy atom. The Morgan fingerprint density at radius 2 is 2.13 bits per heavy atom. The van der Waals surface area contributed by atoms with E-state index in [9.17, 15) is 4.79 Å². The quantitative estimate of drug-likeness (QED) is 0.877. The molecule has 6 heteroatoms. The average molecular weight is 313 g/mol. The molecule has 23 heavy (non-hydrogen) atoms. The number of piperidine rings is 1. The Balaban J connectivity index is 1.51. The second-order valence-electron chi connectivity index (χ2n) is 6.00. The number of aromatic nitrogens is 3. The number of carbonyl (C=O) groups excluding carboxylic acids is 1. The number of benzene rings is 1. The molecular weight excluding hydrogens is 290 g/mol. The maximum Gasteiger partial charge on any atom is 0.241 e. The standard InChI is InChI=1S/C17H23N5O/c23-17(12-22-14-18-13-20-22)19-10-16-8-4-5-9-21(16)11-15-6-2-1-3-7-15/h1-3,6-7,13-14,16H,4-5,8-12H2,(H,19,23)/t16-/m0/s1. The molecule has 0 spiro atoms. The molecular formula is C17H23N5O. The lowest BCUT2D eigenvalue weighted by atomic mass is 10.0. The van der Waals surface area contributed by atoms with Gasteiger partial charge >= 0.3 is 0 Å². The fourth-order valence-corrected chi connectivity index (χ4v) is 3.07. The van der Waals surface area contributed by atoms with Crippen molar-refractivity contribution in [2.24, 2.45) is 0 Å². The van der Waals surface area contributed by atoms with Crippen molar-refractivity contribution < 1.29 is 4.79 Å². The maximum absolute atomic E-state index is 12.0. The normalized spacial score (nSPS) is 18.7. The third kappa shape index (κ3) is 4.63. The Morgan fingerprint density at radius 3 is 2.91 bits per heavy atom. The first kappa shape index (κ1) is 15.7. The van der Waals surface area contributed by atoms with Crippen LogP contribution in [0.5, 0.6) is 0 Å². The summed E-state index contributed by atoms with van der Waals surface area (Å²) in [5, 5.41) is 6.99. The number of likely N-dealkylation sites (tertiary alicyclic amines) is 1. The van der Waals surface area contributed by atoms with Gasteiger partial charge in [-0.3, -0.25) is 9.69 Å². The lowest BCUT2D eigenvalue weighted by molar-refractivity contribution is -0.122. The van der Waals surface area contributed by atoms with Crippen LogP contribution in [0.15, 0.2) is 43.0 Å². The summed E-state index contributed by atoms with van der Waals surface area (Å²) in [5.41, 5.74) is 1.33. The number of hydrogen-bond acceptors (Lipinski definition) is 4. The topological polar surface area (TPSA) is 63.1 Å². The first-order valence-electron chi connectivity index (χ1n) is 8.18. The Kier molecular flexibility index (Phi) is 5.37. The molecule has 6 nitrogen and oxygen atoms in total. The van der Waals surface area contributed by atoms with Gasteiger partial charge in [0.05, 0.1) is 0 Å². The van der Waals surface area contributed by atoms with Gasteiger partial charge < -0.3 is 5.32 Å². The minimum atomic E-state index is -0.0132. The van der Waals surface area contributed by atoms with E-state index in [0.717, 1.165) is 19.5 Å². The zero-order chi connectivity index (χ0) is 15.9. The van der Waals surface area contributed by atoms with Gasteiger partial charge in [0.25, 0.3) is 0 Å². The molecule has 1 aromatic carbocycles. The van der Waals surface area contributed by atoms with Gasteiger partial charge in [-0.25, -0.2) is 9.67 Å². The number of nitrogens with one attached hydrogen (secondary N) is 1. The van der Waals surface area contributed by atoms with Crippen LogP contribution in [0.2, 0.25) is 0 Å². The molecule has 0 radical (unpaired) electrons. The van der Waals surface area contributed by atoms with Gasteiger partial charge in [0.15, 0.2) is 0 Å². The Hall–Kier alpha value is -2.21. The first-order chi connectivity index (χ1) is 11.3. The van der Waals surface area contributed by atoms with Crippen LogP contribution < -0.4 is 5.32 Å². The maximum atomic E-state index is 12.0. The highest BCUT2D eigenvalue weighted by Crippen LogP contribution is 2.19. The van der Waals surface area contributed by atoms with Crippen molar-refractivity contribution in [3.63, 3.8) is 0 Å². The summed E-state index contributed by atoms with van der Waals surface area (Å²) in [7, 11) is 0. The zero-order valence-corrected chi connectivity index (χ0v) is 13.3. The van der Waals surface area contributed by atoms with Crippen LogP contribution >= 0.6 is 0 Å². The molecule has 3 rings (SSSR count). The van der Waals surface area contributed by atoms with Gasteiger partial charge in [-0.05, 0) is 24.9 Å². The highest BCUT2D eigenvalue weighted by Gasteiger charge is 2.22. The summed E-state index contributed by atoms with van der Waals surface area (Å²) >= 11 is 0. The molecule has 1 aromatic heterocycles. The fourth-order valence-electron chi connectivity index (χ4n) is 3.07. The van der Waals surface area contributed by atoms with Crippen molar-refractivity contribution in [3.05, 3.63) is 48.5 Å². The third-order valence-electron chi connectivity index (χ3n) is 4.28. The van der Waals surface area contributed by atoms with Crippen molar-refractivity contribution >= 4 is 5.91 Å². The number of nitrogens with zero attached hydrogens (tertiary/aromatic N) is 4. The smallest absolute Gasteiger partial charge is 0.241 e. The van der Waals surface area contributed by atoms with E-state index >= 15 is 0 Å². The number of rotatable bonds is 6. The van der Waals surface area contributed by atoms with Crippen molar-refractivity contribution in [2.45, 2.75) is 38.4 Å². The summed E-state index contributed by atoms with van der Waals surface area (Å²) in [6.45, 7) is 2.97. The van der Waals surface area contributed by atoms with Gasteiger partial charge in [0, 0.05) is 19.1 Å². The molecule has 0 bridgehead atoms. The minimum Gasteiger partial charge on any atom is -0.353 e. The largest absolute Gasteiger partial charge is 0.353 e. The Bertz CT molecular complexity index is 599. The van der Waals surface area contributed by atoms with Crippen molar-refractivity contribution in [2.75, 3.05) is 13.1 Å². The van der Waals surface area contributed by atoms with Gasteiger partial charge in [-0.15, -0.1) is 0 Å². The summed E-state index contributed by atoms with van der Waals surface area (Å²) in [4.78, 5) is 18.3. The fraction of sp³-hybridized carbons (Fsp3) is 0.471. The van der Waals surface area contributed by atoms with E-state index < -0.39 is 0 Å². The van der Waals surface area contributed by atoms with Crippen LogP contribution in [0.3, 0.4) is 0 Å². The lowest BCUT2D eigenvalue weighted by Gasteiger charge is -2.35. The molecule has 0 aliphatic carbocycles. The van der Waals surface area contributed by atoms with E-state index in [1.165, 1.54) is 29.4 Å². The van der Waals surface area contributed by atoms with Crippen molar-refractivity contribution in [1.82, 2.24) is 25.0 Å². The Labute approximate surface area is 136 Å². The summed E-state index contributed by atoms with van der Waals surface area (Å²) in [6, 6.07) is 10.9. The van der Waals surface area contributed by atoms with Crippen LogP contribution in [0, 0.1) is 0 Å². The summed E-state index contributed by atoms with van der Waals surface area (Å²) in [5.74, 6) is -0.0132. The molecule has 1 atom stereocenters. The molecule has 1 N–H and O–H groups in total. The van der Waals surface area contributed by atoms with Gasteiger partial charge in [0.1, 0.15) is 19.2 Å². The first-order valence-corrected chi connectivity index (χ1v) is 8.18. The second-order valence-corrected chi connectivity index (χ2v) is 6.00.